The molecule has 1 unspecified atom stereocenters. The number of hydrogen-bond donors (Lipinski definition) is 0. The molecule has 0 aliphatic rings. The van der Waals surface area contributed by atoms with Gasteiger partial charge in [0.25, 0.3) is 0 Å². The highest BCUT2D eigenvalue weighted by molar-refractivity contribution is 5.72. The van der Waals surface area contributed by atoms with Crippen molar-refractivity contribution in [3.05, 3.63) is 122 Å². The summed E-state index contributed by atoms with van der Waals surface area (Å²) in [6.45, 7) is 6.34. The van der Waals surface area contributed by atoms with E-state index in [2.05, 4.69) is 130 Å². The average Bonchev–Trinajstić information content (AvgIpc) is 3.46. The largest absolute Gasteiger partial charge is 0.462 e. The maximum Gasteiger partial charge on any atom is 0.309 e. The average molecular weight is 1110 g/mol. The molecule has 0 fully saturated rings. The Kier molecular flexibility index (Phi) is 63.8. The molecule has 0 saturated heterocycles. The minimum atomic E-state index is -0.832. The molecule has 0 aromatic rings. The van der Waals surface area contributed by atoms with Gasteiger partial charge in [0.1, 0.15) is 13.2 Å². The van der Waals surface area contributed by atoms with Crippen LogP contribution < -0.4 is 0 Å². The Bertz CT molecular complexity index is 1650. The first-order chi connectivity index (χ1) is 39.5. The van der Waals surface area contributed by atoms with Crippen LogP contribution in [0.15, 0.2) is 122 Å². The second kappa shape index (κ2) is 67.3. The molecule has 0 radical (unpaired) electrons. The molecule has 0 aliphatic heterocycles. The standard InChI is InChI=1S/C74H124O6/c1-4-7-10-13-16-19-22-25-28-30-32-34-35-36-37-38-40-41-43-46-49-52-55-58-61-64-67-73(76)79-70-71(69-78-72(75)66-63-60-57-54-51-48-45-27-24-21-18-15-12-9-6-3)80-74(77)68-65-62-59-56-53-50-47-44-42-39-33-31-29-26-23-20-17-14-11-8-5-2/h8-9,11-12,17-18,20-21,26-27,29,33,39,44-45,47,51,54,60,63,71H,4-7,10,13-16,19,22-25,28,30-32,34-38,40-43,46,48-50,52-53,55-59,61-62,64-70H2,1-3H3/b11-8-,12-9-,20-17-,21-18-,29-26-,39-33-,45-27-,47-44-,54-51-,63-60-. The second-order valence-corrected chi connectivity index (χ2v) is 22.0. The van der Waals surface area contributed by atoms with Gasteiger partial charge in [-0.05, 0) is 89.9 Å². The molecule has 0 aromatic carbocycles. The van der Waals surface area contributed by atoms with E-state index in [0.29, 0.717) is 6.42 Å². The molecule has 1 atom stereocenters. The molecule has 80 heavy (non-hydrogen) atoms. The second-order valence-electron chi connectivity index (χ2n) is 22.0. The minimum absolute atomic E-state index is 0.116. The predicted molar refractivity (Wildman–Crippen MR) is 348 cm³/mol. The van der Waals surface area contributed by atoms with Gasteiger partial charge in [-0.15, -0.1) is 0 Å². The zero-order valence-corrected chi connectivity index (χ0v) is 52.3. The molecule has 0 aliphatic carbocycles. The topological polar surface area (TPSA) is 78.9 Å². The summed E-state index contributed by atoms with van der Waals surface area (Å²) >= 11 is 0. The van der Waals surface area contributed by atoms with Crippen LogP contribution in [0.25, 0.3) is 0 Å². The zero-order chi connectivity index (χ0) is 57.8. The monoisotopic (exact) mass is 1110 g/mol. The molecule has 0 saturated carbocycles. The summed E-state index contributed by atoms with van der Waals surface area (Å²) in [6.07, 6.45) is 93.9. The summed E-state index contributed by atoms with van der Waals surface area (Å²) < 4.78 is 16.8. The van der Waals surface area contributed by atoms with Crippen LogP contribution in [0.4, 0.5) is 0 Å². The van der Waals surface area contributed by atoms with Crippen LogP contribution in [0.1, 0.15) is 310 Å². The number of ether oxygens (including phenoxy) is 3. The number of carbonyl (C=O) groups is 3. The van der Waals surface area contributed by atoms with Gasteiger partial charge in [0, 0.05) is 12.8 Å². The Balaban J connectivity index is 4.40. The summed E-state index contributed by atoms with van der Waals surface area (Å²) in [5.41, 5.74) is 0. The van der Waals surface area contributed by atoms with Crippen LogP contribution in [0.3, 0.4) is 0 Å². The Hall–Kier alpha value is -4.19. The van der Waals surface area contributed by atoms with Crippen molar-refractivity contribution in [2.75, 3.05) is 13.2 Å². The summed E-state index contributed by atoms with van der Waals surface area (Å²) in [7, 11) is 0. The predicted octanol–water partition coefficient (Wildman–Crippen LogP) is 23.2. The SMILES string of the molecule is CC/C=C\C/C=C\C/C=C\C/C=C\C/C=C\CCCCCCCC(=O)OC(COC(=O)C/C=C\C/C=C\C/C=C\C/C=C\C/C=C\CC)COC(=O)CCCCCCCCCCCCCCCCCCCCCCCCCCCC. The molecule has 0 bridgehead atoms. The fourth-order valence-corrected chi connectivity index (χ4v) is 9.31. The van der Waals surface area contributed by atoms with Crippen molar-refractivity contribution in [1.29, 1.82) is 0 Å². The van der Waals surface area contributed by atoms with E-state index < -0.39 is 12.1 Å². The highest BCUT2D eigenvalue weighted by Gasteiger charge is 2.19. The van der Waals surface area contributed by atoms with Crippen molar-refractivity contribution >= 4 is 17.9 Å². The highest BCUT2D eigenvalue weighted by atomic mass is 16.6. The number of unbranched alkanes of at least 4 members (excludes halogenated alkanes) is 30. The van der Waals surface area contributed by atoms with Crippen LogP contribution in [0.2, 0.25) is 0 Å². The number of hydrogen-bond acceptors (Lipinski definition) is 6. The first-order valence-corrected chi connectivity index (χ1v) is 33.5. The molecule has 6 nitrogen and oxygen atoms in total. The normalized spacial score (nSPS) is 12.9. The summed E-state index contributed by atoms with van der Waals surface area (Å²) in [6, 6.07) is 0. The van der Waals surface area contributed by atoms with E-state index in [0.717, 1.165) is 122 Å². The fraction of sp³-hybridized carbons (Fsp3) is 0.689. The van der Waals surface area contributed by atoms with Crippen LogP contribution in [0.5, 0.6) is 0 Å². The van der Waals surface area contributed by atoms with E-state index in [1.54, 1.807) is 6.08 Å². The van der Waals surface area contributed by atoms with E-state index in [4.69, 9.17) is 14.2 Å². The summed E-state index contributed by atoms with van der Waals surface area (Å²) in [4.78, 5) is 38.3. The van der Waals surface area contributed by atoms with Crippen LogP contribution in [-0.2, 0) is 28.6 Å². The van der Waals surface area contributed by atoms with Crippen molar-refractivity contribution in [3.63, 3.8) is 0 Å². The molecule has 0 spiro atoms. The van der Waals surface area contributed by atoms with Crippen LogP contribution in [0, 0.1) is 0 Å². The van der Waals surface area contributed by atoms with Gasteiger partial charge in [-0.1, -0.05) is 322 Å². The number of carbonyl (C=O) groups excluding carboxylic acids is 3. The first kappa shape index (κ1) is 75.8. The molecule has 0 rings (SSSR count). The third kappa shape index (κ3) is 64.6. The quantitative estimate of drug-likeness (QED) is 0.0261. The van der Waals surface area contributed by atoms with Crippen molar-refractivity contribution in [2.24, 2.45) is 0 Å². The molecule has 6 heteroatoms. The van der Waals surface area contributed by atoms with Gasteiger partial charge in [0.2, 0.25) is 0 Å². The Morgan fingerprint density at radius 2 is 0.537 bits per heavy atom. The minimum Gasteiger partial charge on any atom is -0.462 e. The lowest BCUT2D eigenvalue weighted by atomic mass is 10.0. The third-order valence-corrected chi connectivity index (χ3v) is 14.2. The van der Waals surface area contributed by atoms with Crippen molar-refractivity contribution in [3.8, 4) is 0 Å². The summed E-state index contributed by atoms with van der Waals surface area (Å²) in [5.74, 6) is -1.06. The van der Waals surface area contributed by atoms with E-state index >= 15 is 0 Å². The number of allylic oxidation sites excluding steroid dienone is 19. The smallest absolute Gasteiger partial charge is 0.309 e. The maximum absolute atomic E-state index is 12.9. The Morgan fingerprint density at radius 3 is 0.875 bits per heavy atom. The summed E-state index contributed by atoms with van der Waals surface area (Å²) in [5, 5.41) is 0. The lowest BCUT2D eigenvalue weighted by Crippen LogP contribution is -2.30. The number of esters is 3. The first-order valence-electron chi connectivity index (χ1n) is 33.5. The Labute approximate surface area is 494 Å². The van der Waals surface area contributed by atoms with E-state index in [1.807, 2.05) is 6.08 Å². The lowest BCUT2D eigenvalue weighted by Gasteiger charge is -2.18. The van der Waals surface area contributed by atoms with Gasteiger partial charge in [0.15, 0.2) is 6.10 Å². The lowest BCUT2D eigenvalue weighted by molar-refractivity contribution is -0.166. The van der Waals surface area contributed by atoms with Gasteiger partial charge in [-0.25, -0.2) is 0 Å². The molecule has 0 amide bonds. The van der Waals surface area contributed by atoms with Crippen molar-refractivity contribution < 1.29 is 28.6 Å². The molecule has 0 heterocycles. The Morgan fingerprint density at radius 1 is 0.275 bits per heavy atom. The van der Waals surface area contributed by atoms with Crippen LogP contribution in [-0.4, -0.2) is 37.2 Å². The van der Waals surface area contributed by atoms with Crippen molar-refractivity contribution in [2.45, 2.75) is 316 Å². The number of rotatable bonds is 60. The zero-order valence-electron chi connectivity index (χ0n) is 52.3. The van der Waals surface area contributed by atoms with E-state index in [-0.39, 0.29) is 38.0 Å². The molecular formula is C74H124O6. The molecule has 0 aromatic heterocycles. The van der Waals surface area contributed by atoms with Crippen molar-refractivity contribution in [1.82, 2.24) is 0 Å². The van der Waals surface area contributed by atoms with Crippen LogP contribution >= 0.6 is 0 Å². The van der Waals surface area contributed by atoms with E-state index in [1.165, 1.54) is 148 Å². The van der Waals surface area contributed by atoms with Gasteiger partial charge in [-0.3, -0.25) is 14.4 Å². The fourth-order valence-electron chi connectivity index (χ4n) is 9.31. The van der Waals surface area contributed by atoms with Gasteiger partial charge < -0.3 is 14.2 Å². The third-order valence-electron chi connectivity index (χ3n) is 14.2. The molecular weight excluding hydrogens is 985 g/mol. The molecule has 0 N–H and O–H groups in total. The van der Waals surface area contributed by atoms with Gasteiger partial charge in [0.05, 0.1) is 6.42 Å². The maximum atomic E-state index is 12.9. The van der Waals surface area contributed by atoms with Gasteiger partial charge >= 0.3 is 17.9 Å². The van der Waals surface area contributed by atoms with Gasteiger partial charge in [-0.2, -0.15) is 0 Å². The molecule has 456 valence electrons. The highest BCUT2D eigenvalue weighted by Crippen LogP contribution is 2.17. The van der Waals surface area contributed by atoms with E-state index in [9.17, 15) is 14.4 Å².